The number of nitrogens with zero attached hydrogens (tertiary/aromatic N) is 1. The molecule has 0 spiro atoms. The predicted molar refractivity (Wildman–Crippen MR) is 80.7 cm³/mol. The van der Waals surface area contributed by atoms with Gasteiger partial charge in [0.2, 0.25) is 5.91 Å². The van der Waals surface area contributed by atoms with Gasteiger partial charge in [0.25, 0.3) is 0 Å². The Hall–Kier alpha value is -2.06. The molecule has 0 radical (unpaired) electrons. The van der Waals surface area contributed by atoms with E-state index in [0.29, 0.717) is 18.0 Å². The largest absolute Gasteiger partial charge is 0.479 e. The molecule has 2 unspecified atom stereocenters. The molecule has 21 heavy (non-hydrogen) atoms. The van der Waals surface area contributed by atoms with E-state index in [1.165, 1.54) is 0 Å². The fourth-order valence-corrected chi connectivity index (χ4v) is 2.85. The third-order valence-corrected chi connectivity index (χ3v) is 3.95. The zero-order valence-electron chi connectivity index (χ0n) is 12.0. The minimum Gasteiger partial charge on any atom is -0.479 e. The molecule has 3 N–H and O–H groups in total. The summed E-state index contributed by atoms with van der Waals surface area (Å²) in [5.74, 6) is 0.875. The third-order valence-electron chi connectivity index (χ3n) is 3.95. The molecular weight excluding hydrogens is 266 g/mol. The first-order valence-corrected chi connectivity index (χ1v) is 7.35. The molecule has 0 aromatic heterocycles. The molecule has 2 rings (SSSR count). The lowest BCUT2D eigenvalue weighted by molar-refractivity contribution is -0.122. The fraction of sp³-hybridized carbons (Fsp3) is 0.500. The molecule has 1 fully saturated rings. The summed E-state index contributed by atoms with van der Waals surface area (Å²) in [6.45, 7) is 0.554. The van der Waals surface area contributed by atoms with Gasteiger partial charge in [-0.1, -0.05) is 18.9 Å². The molecule has 0 saturated heterocycles. The topological polar surface area (TPSA) is 88.1 Å². The minimum atomic E-state index is -0.00701. The van der Waals surface area contributed by atoms with Crippen molar-refractivity contribution in [2.75, 3.05) is 18.5 Å². The zero-order valence-corrected chi connectivity index (χ0v) is 12.0. The lowest BCUT2D eigenvalue weighted by atomic mass is 9.78. The van der Waals surface area contributed by atoms with E-state index in [4.69, 9.17) is 15.7 Å². The standard InChI is InChI=1S/C16H21N3O2/c17-8-9-21-14-6-3-5-13(10-14)19-16(20)15-7-2-1-4-12(15)11-18/h3,5-6,10,12,15H,1-2,4,7,9,11,18H2,(H,19,20). The summed E-state index contributed by atoms with van der Waals surface area (Å²) in [6, 6.07) is 9.02. The summed E-state index contributed by atoms with van der Waals surface area (Å²) in [5.41, 5.74) is 6.46. The van der Waals surface area contributed by atoms with E-state index in [9.17, 15) is 4.79 Å². The highest BCUT2D eigenvalue weighted by Crippen LogP contribution is 2.30. The van der Waals surface area contributed by atoms with Crippen LogP contribution in [0.3, 0.4) is 0 Å². The first-order valence-electron chi connectivity index (χ1n) is 7.35. The highest BCUT2D eigenvalue weighted by atomic mass is 16.5. The molecule has 5 heteroatoms. The number of carbonyl (C=O) groups is 1. The van der Waals surface area contributed by atoms with Crippen molar-refractivity contribution in [2.24, 2.45) is 17.6 Å². The van der Waals surface area contributed by atoms with Crippen LogP contribution < -0.4 is 15.8 Å². The highest BCUT2D eigenvalue weighted by molar-refractivity contribution is 5.93. The average molecular weight is 287 g/mol. The molecule has 1 aliphatic rings. The Bertz CT molecular complexity index is 524. The number of nitrogens with two attached hydrogens (primary N) is 1. The zero-order chi connectivity index (χ0) is 15.1. The van der Waals surface area contributed by atoms with E-state index in [-0.39, 0.29) is 24.3 Å². The summed E-state index contributed by atoms with van der Waals surface area (Å²) in [6.07, 6.45) is 4.17. The van der Waals surface area contributed by atoms with Crippen molar-refractivity contribution >= 4 is 11.6 Å². The van der Waals surface area contributed by atoms with Crippen molar-refractivity contribution in [2.45, 2.75) is 25.7 Å². The Morgan fingerprint density at radius 3 is 3.00 bits per heavy atom. The number of hydrogen-bond acceptors (Lipinski definition) is 4. The van der Waals surface area contributed by atoms with Gasteiger partial charge in [-0.2, -0.15) is 5.26 Å². The normalized spacial score (nSPS) is 21.3. The summed E-state index contributed by atoms with van der Waals surface area (Å²) in [5, 5.41) is 11.4. The number of benzene rings is 1. The van der Waals surface area contributed by atoms with Gasteiger partial charge in [-0.15, -0.1) is 0 Å². The number of anilines is 1. The van der Waals surface area contributed by atoms with Gasteiger partial charge in [-0.05, 0) is 37.4 Å². The van der Waals surface area contributed by atoms with Gasteiger partial charge in [-0.3, -0.25) is 4.79 Å². The van der Waals surface area contributed by atoms with E-state index in [1.54, 1.807) is 18.2 Å². The monoisotopic (exact) mass is 287 g/mol. The van der Waals surface area contributed by atoms with Crippen LogP contribution in [0.2, 0.25) is 0 Å². The van der Waals surface area contributed by atoms with E-state index < -0.39 is 0 Å². The number of rotatable bonds is 5. The van der Waals surface area contributed by atoms with Crippen LogP contribution in [-0.4, -0.2) is 19.1 Å². The van der Waals surface area contributed by atoms with E-state index >= 15 is 0 Å². The van der Waals surface area contributed by atoms with Gasteiger partial charge in [0.1, 0.15) is 11.8 Å². The van der Waals surface area contributed by atoms with Crippen LogP contribution in [0.5, 0.6) is 5.75 Å². The van der Waals surface area contributed by atoms with Gasteiger partial charge >= 0.3 is 0 Å². The van der Waals surface area contributed by atoms with Gasteiger partial charge in [-0.25, -0.2) is 0 Å². The number of carbonyl (C=O) groups excluding carboxylic acids is 1. The van der Waals surface area contributed by atoms with Crippen LogP contribution in [0, 0.1) is 23.2 Å². The number of hydrogen-bond donors (Lipinski definition) is 2. The lowest BCUT2D eigenvalue weighted by Gasteiger charge is -2.29. The second kappa shape index (κ2) is 7.65. The smallest absolute Gasteiger partial charge is 0.227 e. The molecule has 0 aliphatic heterocycles. The molecular formula is C16H21N3O2. The van der Waals surface area contributed by atoms with E-state index in [1.807, 2.05) is 12.1 Å². The van der Waals surface area contributed by atoms with Crippen LogP contribution in [-0.2, 0) is 4.79 Å². The first kappa shape index (κ1) is 15.3. The molecule has 1 amide bonds. The lowest BCUT2D eigenvalue weighted by Crippen LogP contribution is -2.35. The third kappa shape index (κ3) is 4.20. The quantitative estimate of drug-likeness (QED) is 0.869. The second-order valence-electron chi connectivity index (χ2n) is 5.35. The number of ether oxygens (including phenoxy) is 1. The van der Waals surface area contributed by atoms with Gasteiger partial charge < -0.3 is 15.8 Å². The van der Waals surface area contributed by atoms with Gasteiger partial charge in [0, 0.05) is 17.7 Å². The molecule has 5 nitrogen and oxygen atoms in total. The predicted octanol–water partition coefficient (Wildman–Crippen LogP) is 2.29. The maximum absolute atomic E-state index is 12.4. The van der Waals surface area contributed by atoms with Crippen molar-refractivity contribution < 1.29 is 9.53 Å². The number of amides is 1. The van der Waals surface area contributed by atoms with Crippen LogP contribution >= 0.6 is 0 Å². The Kier molecular flexibility index (Phi) is 5.59. The van der Waals surface area contributed by atoms with E-state index in [0.717, 1.165) is 25.7 Å². The summed E-state index contributed by atoms with van der Waals surface area (Å²) in [4.78, 5) is 12.4. The Balaban J connectivity index is 2.00. The highest BCUT2D eigenvalue weighted by Gasteiger charge is 2.29. The Morgan fingerprint density at radius 1 is 1.43 bits per heavy atom. The fourth-order valence-electron chi connectivity index (χ4n) is 2.85. The molecule has 1 aromatic carbocycles. The molecule has 0 heterocycles. The number of nitrogens with one attached hydrogen (secondary N) is 1. The minimum absolute atomic E-state index is 0.00469. The molecule has 1 saturated carbocycles. The Morgan fingerprint density at radius 2 is 2.24 bits per heavy atom. The first-order chi connectivity index (χ1) is 10.2. The van der Waals surface area contributed by atoms with Crippen molar-refractivity contribution in [3.8, 4) is 11.8 Å². The maximum atomic E-state index is 12.4. The van der Waals surface area contributed by atoms with Gasteiger partial charge in [0.15, 0.2) is 6.61 Å². The molecule has 0 bridgehead atoms. The van der Waals surface area contributed by atoms with Crippen LogP contribution in [0.1, 0.15) is 25.7 Å². The molecule has 2 atom stereocenters. The SMILES string of the molecule is N#CCOc1cccc(NC(=O)C2CCCCC2CN)c1. The van der Waals surface area contributed by atoms with Crippen molar-refractivity contribution in [1.29, 1.82) is 5.26 Å². The molecule has 1 aromatic rings. The van der Waals surface area contributed by atoms with Crippen molar-refractivity contribution in [1.82, 2.24) is 0 Å². The van der Waals surface area contributed by atoms with Crippen LogP contribution in [0.15, 0.2) is 24.3 Å². The summed E-state index contributed by atoms with van der Waals surface area (Å²) >= 11 is 0. The summed E-state index contributed by atoms with van der Waals surface area (Å²) in [7, 11) is 0. The Labute approximate surface area is 125 Å². The molecule has 1 aliphatic carbocycles. The average Bonchev–Trinajstić information content (AvgIpc) is 2.53. The summed E-state index contributed by atoms with van der Waals surface area (Å²) < 4.78 is 5.23. The maximum Gasteiger partial charge on any atom is 0.227 e. The molecule has 112 valence electrons. The van der Waals surface area contributed by atoms with E-state index in [2.05, 4.69) is 5.32 Å². The number of nitriles is 1. The van der Waals surface area contributed by atoms with Crippen molar-refractivity contribution in [3.63, 3.8) is 0 Å². The van der Waals surface area contributed by atoms with Crippen LogP contribution in [0.25, 0.3) is 0 Å². The van der Waals surface area contributed by atoms with Crippen LogP contribution in [0.4, 0.5) is 5.69 Å². The van der Waals surface area contributed by atoms with Gasteiger partial charge in [0.05, 0.1) is 0 Å². The van der Waals surface area contributed by atoms with Crippen molar-refractivity contribution in [3.05, 3.63) is 24.3 Å². The second-order valence-corrected chi connectivity index (χ2v) is 5.35.